The standard InChI is InChI=1S/C43H64N4O9/c1-42(2,3)55-37(49)22-21-35(40(52)56-43(4,5)6)47-41(53)46-34(39(51)54-7)14-10-11-23-45-38(50)33(26-36(48)31-19-15-28(27-44)16-20-31)25-29-17-18-30-12-8-9-13-32(30)24-29/h8-9,12-13,17-18,24,28,31,33-35H,10-11,14-16,19-23,25-27,44H2,1-7H3,(H,45,50)(H2,46,47,53). The van der Waals surface area contributed by atoms with Crippen molar-refractivity contribution in [2.45, 2.75) is 135 Å². The minimum Gasteiger partial charge on any atom is -0.467 e. The number of amides is 3. The predicted octanol–water partition coefficient (Wildman–Crippen LogP) is 5.68. The zero-order valence-corrected chi connectivity index (χ0v) is 34.4. The number of esters is 3. The first-order chi connectivity index (χ1) is 26.4. The summed E-state index contributed by atoms with van der Waals surface area (Å²) in [5.74, 6) is -2.20. The van der Waals surface area contributed by atoms with Gasteiger partial charge in [0.15, 0.2) is 0 Å². The van der Waals surface area contributed by atoms with Crippen LogP contribution < -0.4 is 21.7 Å². The van der Waals surface area contributed by atoms with Gasteiger partial charge in [0.05, 0.1) is 7.11 Å². The maximum absolute atomic E-state index is 13.6. The second-order valence-electron chi connectivity index (χ2n) is 16.9. The Hall–Kier alpha value is -4.52. The Morgan fingerprint density at radius 2 is 1.41 bits per heavy atom. The van der Waals surface area contributed by atoms with E-state index in [2.05, 4.69) is 22.0 Å². The van der Waals surface area contributed by atoms with Crippen molar-refractivity contribution in [3.8, 4) is 0 Å². The number of methoxy groups -OCH3 is 1. The fourth-order valence-electron chi connectivity index (χ4n) is 6.89. The summed E-state index contributed by atoms with van der Waals surface area (Å²) in [5, 5.41) is 10.3. The van der Waals surface area contributed by atoms with Crippen molar-refractivity contribution in [1.29, 1.82) is 0 Å². The van der Waals surface area contributed by atoms with Gasteiger partial charge in [0.2, 0.25) is 5.91 Å². The molecule has 3 atom stereocenters. The Bertz CT molecular complexity index is 1640. The molecule has 310 valence electrons. The maximum Gasteiger partial charge on any atom is 0.329 e. The van der Waals surface area contributed by atoms with E-state index in [9.17, 15) is 28.8 Å². The average Bonchev–Trinajstić information content (AvgIpc) is 3.13. The van der Waals surface area contributed by atoms with Gasteiger partial charge in [-0.05, 0) is 128 Å². The van der Waals surface area contributed by atoms with Gasteiger partial charge >= 0.3 is 23.9 Å². The molecular formula is C43H64N4O9. The molecule has 5 N–H and O–H groups in total. The lowest BCUT2D eigenvalue weighted by Crippen LogP contribution is -2.52. The number of unbranched alkanes of at least 4 members (excludes halogenated alkanes) is 1. The fourth-order valence-corrected chi connectivity index (χ4v) is 6.89. The number of Topliss-reactive ketones (excluding diaryl/α,β-unsaturated/α-hetero) is 1. The molecule has 0 radical (unpaired) electrons. The van der Waals surface area contributed by atoms with Gasteiger partial charge in [0.25, 0.3) is 0 Å². The van der Waals surface area contributed by atoms with Crippen LogP contribution in [0.25, 0.3) is 10.8 Å². The van der Waals surface area contributed by atoms with Gasteiger partial charge in [-0.2, -0.15) is 0 Å². The minimum absolute atomic E-state index is 0.0611. The maximum atomic E-state index is 13.6. The Kier molecular flexibility index (Phi) is 17.8. The molecule has 3 unspecified atom stereocenters. The molecular weight excluding hydrogens is 716 g/mol. The van der Waals surface area contributed by atoms with Crippen LogP contribution in [0.15, 0.2) is 42.5 Å². The van der Waals surface area contributed by atoms with Gasteiger partial charge in [-0.1, -0.05) is 42.5 Å². The van der Waals surface area contributed by atoms with Crippen LogP contribution in [-0.2, 0) is 44.6 Å². The number of carbonyl (C=O) groups is 6. The second-order valence-corrected chi connectivity index (χ2v) is 16.9. The van der Waals surface area contributed by atoms with Gasteiger partial charge in [-0.25, -0.2) is 14.4 Å². The number of nitrogens with two attached hydrogens (primary N) is 1. The molecule has 0 aromatic heterocycles. The van der Waals surface area contributed by atoms with Gasteiger partial charge in [-0.15, -0.1) is 0 Å². The van der Waals surface area contributed by atoms with Crippen molar-refractivity contribution >= 4 is 46.4 Å². The van der Waals surface area contributed by atoms with Gasteiger partial charge in [0, 0.05) is 31.2 Å². The molecule has 3 rings (SSSR count). The summed E-state index contributed by atoms with van der Waals surface area (Å²) < 4.78 is 15.7. The molecule has 0 spiro atoms. The van der Waals surface area contributed by atoms with E-state index >= 15 is 0 Å². The highest BCUT2D eigenvalue weighted by atomic mass is 16.6. The molecule has 56 heavy (non-hydrogen) atoms. The molecule has 2 aromatic rings. The highest BCUT2D eigenvalue weighted by Gasteiger charge is 2.32. The number of fused-ring (bicyclic) bond motifs is 1. The lowest BCUT2D eigenvalue weighted by Gasteiger charge is -2.27. The van der Waals surface area contributed by atoms with Crippen LogP contribution in [0.5, 0.6) is 0 Å². The van der Waals surface area contributed by atoms with E-state index in [1.165, 1.54) is 7.11 Å². The van der Waals surface area contributed by atoms with Crippen LogP contribution in [0.2, 0.25) is 0 Å². The van der Waals surface area contributed by atoms with E-state index in [-0.39, 0.29) is 43.3 Å². The summed E-state index contributed by atoms with van der Waals surface area (Å²) in [6.45, 7) is 11.2. The average molecular weight is 781 g/mol. The number of urea groups is 1. The summed E-state index contributed by atoms with van der Waals surface area (Å²) in [4.78, 5) is 78.2. The Labute approximate surface area is 331 Å². The number of ether oxygens (including phenoxy) is 3. The fraction of sp³-hybridized carbons (Fsp3) is 0.628. The van der Waals surface area contributed by atoms with E-state index in [0.717, 1.165) is 42.0 Å². The molecule has 13 heteroatoms. The first-order valence-electron chi connectivity index (χ1n) is 19.9. The third-order valence-electron chi connectivity index (χ3n) is 9.81. The molecule has 0 heterocycles. The van der Waals surface area contributed by atoms with Crippen molar-refractivity contribution in [1.82, 2.24) is 16.0 Å². The third-order valence-corrected chi connectivity index (χ3v) is 9.81. The summed E-state index contributed by atoms with van der Waals surface area (Å²) in [6.07, 6.45) is 4.91. The van der Waals surface area contributed by atoms with E-state index in [1.54, 1.807) is 41.5 Å². The lowest BCUT2D eigenvalue weighted by molar-refractivity contribution is -0.158. The van der Waals surface area contributed by atoms with E-state index in [4.69, 9.17) is 19.9 Å². The molecule has 3 amide bonds. The molecule has 0 bridgehead atoms. The highest BCUT2D eigenvalue weighted by molar-refractivity contribution is 5.89. The predicted molar refractivity (Wildman–Crippen MR) is 214 cm³/mol. The van der Waals surface area contributed by atoms with Crippen molar-refractivity contribution in [2.75, 3.05) is 20.2 Å². The van der Waals surface area contributed by atoms with Crippen LogP contribution >= 0.6 is 0 Å². The summed E-state index contributed by atoms with van der Waals surface area (Å²) >= 11 is 0. The molecule has 1 aliphatic carbocycles. The number of benzene rings is 2. The van der Waals surface area contributed by atoms with Gasteiger partial charge in [-0.3, -0.25) is 14.4 Å². The van der Waals surface area contributed by atoms with Crippen LogP contribution in [0.4, 0.5) is 4.79 Å². The lowest BCUT2D eigenvalue weighted by atomic mass is 9.77. The minimum atomic E-state index is -1.19. The molecule has 13 nitrogen and oxygen atoms in total. The summed E-state index contributed by atoms with van der Waals surface area (Å²) in [5.41, 5.74) is 5.28. The number of hydrogen-bond donors (Lipinski definition) is 4. The van der Waals surface area contributed by atoms with Crippen molar-refractivity contribution < 1.29 is 43.0 Å². The largest absolute Gasteiger partial charge is 0.467 e. The Morgan fingerprint density at radius 1 is 0.786 bits per heavy atom. The van der Waals surface area contributed by atoms with Crippen molar-refractivity contribution in [3.63, 3.8) is 0 Å². The van der Waals surface area contributed by atoms with E-state index in [0.29, 0.717) is 38.3 Å². The van der Waals surface area contributed by atoms with Gasteiger partial charge < -0.3 is 35.9 Å². The van der Waals surface area contributed by atoms with Gasteiger partial charge in [0.1, 0.15) is 29.1 Å². The molecule has 2 aromatic carbocycles. The van der Waals surface area contributed by atoms with Crippen LogP contribution in [-0.4, -0.2) is 79.1 Å². The SMILES string of the molecule is COC(=O)C(CCCCNC(=O)C(CC(=O)C1CCC(CN)CC1)Cc1ccc2ccccc2c1)NC(=O)NC(CCC(=O)OC(C)(C)C)C(=O)OC(C)(C)C. The van der Waals surface area contributed by atoms with Crippen LogP contribution in [0.3, 0.4) is 0 Å². The zero-order valence-electron chi connectivity index (χ0n) is 34.4. The topological polar surface area (TPSA) is 192 Å². The highest BCUT2D eigenvalue weighted by Crippen LogP contribution is 2.31. The molecule has 0 aliphatic heterocycles. The first kappa shape index (κ1) is 45.9. The molecule has 1 aliphatic rings. The van der Waals surface area contributed by atoms with E-state index < -0.39 is 53.1 Å². The summed E-state index contributed by atoms with van der Waals surface area (Å²) in [6, 6.07) is 11.1. The van der Waals surface area contributed by atoms with E-state index in [1.807, 2.05) is 36.4 Å². The number of rotatable bonds is 19. The van der Waals surface area contributed by atoms with Crippen molar-refractivity contribution in [2.24, 2.45) is 23.5 Å². The normalized spacial score (nSPS) is 17.5. The third kappa shape index (κ3) is 16.3. The monoisotopic (exact) mass is 780 g/mol. The number of ketones is 1. The second kappa shape index (κ2) is 21.7. The first-order valence-corrected chi connectivity index (χ1v) is 19.9. The Morgan fingerprint density at radius 3 is 2.02 bits per heavy atom. The zero-order chi connectivity index (χ0) is 41.5. The quantitative estimate of drug-likeness (QED) is 0.0783. The molecule has 0 saturated heterocycles. The number of hydrogen-bond acceptors (Lipinski definition) is 10. The number of nitrogens with one attached hydrogen (secondary N) is 3. The van der Waals surface area contributed by atoms with Crippen LogP contribution in [0, 0.1) is 17.8 Å². The smallest absolute Gasteiger partial charge is 0.329 e. The number of carbonyl (C=O) groups excluding carboxylic acids is 6. The molecule has 1 saturated carbocycles. The Balaban J connectivity index is 1.59. The summed E-state index contributed by atoms with van der Waals surface area (Å²) in [7, 11) is 1.21. The molecule has 1 fully saturated rings. The van der Waals surface area contributed by atoms with Crippen LogP contribution in [0.1, 0.15) is 111 Å². The van der Waals surface area contributed by atoms with Crippen molar-refractivity contribution in [3.05, 3.63) is 48.0 Å².